The molecule has 0 amide bonds. The van der Waals surface area contributed by atoms with E-state index in [1.54, 1.807) is 0 Å². The molecule has 1 aromatic carbocycles. The average molecular weight is 286 g/mol. The van der Waals surface area contributed by atoms with Gasteiger partial charge in [0.1, 0.15) is 5.82 Å². The minimum Gasteiger partial charge on any atom is -0.395 e. The number of sulfonamides is 1. The lowest BCUT2D eigenvalue weighted by atomic mass is 10.2. The van der Waals surface area contributed by atoms with E-state index in [4.69, 9.17) is 10.8 Å². The zero-order chi connectivity index (χ0) is 14.5. The highest BCUT2D eigenvalue weighted by Gasteiger charge is 2.21. The Morgan fingerprint density at radius 3 is 2.68 bits per heavy atom. The first-order valence-corrected chi connectivity index (χ1v) is 6.93. The number of benzene rings is 1. The van der Waals surface area contributed by atoms with Crippen LogP contribution in [0.3, 0.4) is 0 Å². The molecule has 0 bridgehead atoms. The molecule has 1 aromatic rings. The van der Waals surface area contributed by atoms with Crippen LogP contribution in [-0.2, 0) is 10.0 Å². The molecule has 0 saturated heterocycles. The van der Waals surface area contributed by atoms with Crippen LogP contribution in [0.2, 0.25) is 0 Å². The molecule has 7 heteroatoms. The highest BCUT2D eigenvalue weighted by atomic mass is 32.2. The summed E-state index contributed by atoms with van der Waals surface area (Å²) in [5, 5.41) is 8.73. The summed E-state index contributed by atoms with van der Waals surface area (Å²) in [5.74, 6) is 4.28. The van der Waals surface area contributed by atoms with Gasteiger partial charge in [0.05, 0.1) is 23.6 Å². The number of hydrogen-bond acceptors (Lipinski definition) is 4. The van der Waals surface area contributed by atoms with Crippen molar-refractivity contribution in [3.8, 4) is 11.8 Å². The van der Waals surface area contributed by atoms with Gasteiger partial charge in [-0.1, -0.05) is 11.8 Å². The maximum absolute atomic E-state index is 13.7. The third-order valence-electron chi connectivity index (χ3n) is 2.39. The standard InChI is InChI=1S/C12H15FN2O3S/c1-15(7-8-16)19(17,18)11-5-4-10(3-2-6-14)12(13)9-11/h4-5,9,16H,6-8,14H2,1H3. The van der Waals surface area contributed by atoms with Crippen LogP contribution >= 0.6 is 0 Å². The Bertz CT molecular complexity index is 605. The monoisotopic (exact) mass is 286 g/mol. The Hall–Kier alpha value is -1.46. The topological polar surface area (TPSA) is 83.6 Å². The first kappa shape index (κ1) is 15.6. The zero-order valence-electron chi connectivity index (χ0n) is 10.4. The van der Waals surface area contributed by atoms with Crippen LogP contribution in [0.1, 0.15) is 5.56 Å². The van der Waals surface area contributed by atoms with Crippen LogP contribution in [0.5, 0.6) is 0 Å². The Labute approximate surface area is 111 Å². The molecule has 104 valence electrons. The highest BCUT2D eigenvalue weighted by Crippen LogP contribution is 2.17. The van der Waals surface area contributed by atoms with Gasteiger partial charge in [-0.3, -0.25) is 0 Å². The third kappa shape index (κ3) is 3.75. The molecule has 0 fully saturated rings. The second-order valence-electron chi connectivity index (χ2n) is 3.70. The van der Waals surface area contributed by atoms with Crippen molar-refractivity contribution in [1.82, 2.24) is 4.31 Å². The van der Waals surface area contributed by atoms with Gasteiger partial charge in [-0.05, 0) is 18.2 Å². The van der Waals surface area contributed by atoms with Gasteiger partial charge in [0, 0.05) is 13.6 Å². The average Bonchev–Trinajstić information content (AvgIpc) is 2.37. The van der Waals surface area contributed by atoms with Crippen molar-refractivity contribution in [2.75, 3.05) is 26.7 Å². The van der Waals surface area contributed by atoms with Crippen LogP contribution in [-0.4, -0.2) is 44.6 Å². The molecular formula is C12H15FN2O3S. The van der Waals surface area contributed by atoms with Gasteiger partial charge in [0.2, 0.25) is 10.0 Å². The van der Waals surface area contributed by atoms with Crippen LogP contribution < -0.4 is 5.73 Å². The van der Waals surface area contributed by atoms with Crippen molar-refractivity contribution in [2.45, 2.75) is 4.90 Å². The van der Waals surface area contributed by atoms with Gasteiger partial charge in [-0.25, -0.2) is 12.8 Å². The number of nitrogens with two attached hydrogens (primary N) is 1. The molecular weight excluding hydrogens is 271 g/mol. The molecule has 0 aliphatic rings. The fraction of sp³-hybridized carbons (Fsp3) is 0.333. The van der Waals surface area contributed by atoms with Gasteiger partial charge >= 0.3 is 0 Å². The van der Waals surface area contributed by atoms with Gasteiger partial charge in [0.25, 0.3) is 0 Å². The molecule has 0 spiro atoms. The number of aliphatic hydroxyl groups is 1. The Morgan fingerprint density at radius 2 is 2.16 bits per heavy atom. The summed E-state index contributed by atoms with van der Waals surface area (Å²) in [7, 11) is -2.49. The van der Waals surface area contributed by atoms with Crippen molar-refractivity contribution in [3.05, 3.63) is 29.6 Å². The van der Waals surface area contributed by atoms with Crippen molar-refractivity contribution >= 4 is 10.0 Å². The summed E-state index contributed by atoms with van der Waals surface area (Å²) in [5.41, 5.74) is 5.27. The Kier molecular flexibility index (Phi) is 5.44. The van der Waals surface area contributed by atoms with Crippen molar-refractivity contribution in [1.29, 1.82) is 0 Å². The van der Waals surface area contributed by atoms with Gasteiger partial charge in [-0.15, -0.1) is 0 Å². The molecule has 0 heterocycles. The van der Waals surface area contributed by atoms with E-state index in [0.717, 1.165) is 10.4 Å². The molecule has 5 nitrogen and oxygen atoms in total. The van der Waals surface area contributed by atoms with E-state index in [0.29, 0.717) is 0 Å². The summed E-state index contributed by atoms with van der Waals surface area (Å²) < 4.78 is 38.6. The fourth-order valence-corrected chi connectivity index (χ4v) is 2.52. The smallest absolute Gasteiger partial charge is 0.242 e. The molecule has 0 aromatic heterocycles. The zero-order valence-corrected chi connectivity index (χ0v) is 11.2. The number of rotatable bonds is 4. The molecule has 1 rings (SSSR count). The number of aliphatic hydroxyl groups excluding tert-OH is 1. The molecule has 0 unspecified atom stereocenters. The summed E-state index contributed by atoms with van der Waals surface area (Å²) >= 11 is 0. The molecule has 0 atom stereocenters. The van der Waals surface area contributed by atoms with E-state index in [-0.39, 0.29) is 30.2 Å². The molecule has 0 aliphatic heterocycles. The first-order valence-electron chi connectivity index (χ1n) is 5.49. The Morgan fingerprint density at radius 1 is 1.47 bits per heavy atom. The van der Waals surface area contributed by atoms with Crippen molar-refractivity contribution in [2.24, 2.45) is 5.73 Å². The lowest BCUT2D eigenvalue weighted by Crippen LogP contribution is -2.29. The summed E-state index contributed by atoms with van der Waals surface area (Å²) in [6.07, 6.45) is 0. The normalized spacial score (nSPS) is 11.2. The predicted octanol–water partition coefficient (Wildman–Crippen LogP) is -0.251. The highest BCUT2D eigenvalue weighted by molar-refractivity contribution is 7.89. The van der Waals surface area contributed by atoms with Crippen molar-refractivity contribution < 1.29 is 17.9 Å². The molecule has 3 N–H and O–H groups in total. The fourth-order valence-electron chi connectivity index (χ4n) is 1.34. The molecule has 19 heavy (non-hydrogen) atoms. The summed E-state index contributed by atoms with van der Waals surface area (Å²) in [6, 6.07) is 3.47. The summed E-state index contributed by atoms with van der Waals surface area (Å²) in [6.45, 7) is -0.268. The molecule has 0 saturated carbocycles. The van der Waals surface area contributed by atoms with E-state index in [1.165, 1.54) is 19.2 Å². The van der Waals surface area contributed by atoms with E-state index in [1.807, 2.05) is 0 Å². The van der Waals surface area contributed by atoms with Crippen LogP contribution in [0.4, 0.5) is 4.39 Å². The quantitative estimate of drug-likeness (QED) is 0.748. The van der Waals surface area contributed by atoms with E-state index >= 15 is 0 Å². The molecule has 0 aliphatic carbocycles. The number of hydrogen-bond donors (Lipinski definition) is 2. The van der Waals surface area contributed by atoms with Crippen LogP contribution in [0.15, 0.2) is 23.1 Å². The van der Waals surface area contributed by atoms with E-state index in [2.05, 4.69) is 11.8 Å². The lowest BCUT2D eigenvalue weighted by Gasteiger charge is -2.15. The molecule has 0 radical (unpaired) electrons. The number of likely N-dealkylation sites (N-methyl/N-ethyl adjacent to an activating group) is 1. The second-order valence-corrected chi connectivity index (χ2v) is 5.74. The van der Waals surface area contributed by atoms with E-state index in [9.17, 15) is 12.8 Å². The second kappa shape index (κ2) is 6.63. The third-order valence-corrected chi connectivity index (χ3v) is 4.24. The van der Waals surface area contributed by atoms with Crippen LogP contribution in [0, 0.1) is 17.7 Å². The van der Waals surface area contributed by atoms with Gasteiger partial charge in [0.15, 0.2) is 0 Å². The Balaban J connectivity index is 3.14. The largest absolute Gasteiger partial charge is 0.395 e. The number of halogens is 1. The SMILES string of the molecule is CN(CCO)S(=O)(=O)c1ccc(C#CCN)c(F)c1. The minimum atomic E-state index is -3.80. The number of nitrogens with zero attached hydrogens (tertiary/aromatic N) is 1. The lowest BCUT2D eigenvalue weighted by molar-refractivity contribution is 0.266. The van der Waals surface area contributed by atoms with E-state index < -0.39 is 15.8 Å². The maximum Gasteiger partial charge on any atom is 0.242 e. The summed E-state index contributed by atoms with van der Waals surface area (Å²) in [4.78, 5) is -0.181. The van der Waals surface area contributed by atoms with Gasteiger partial charge < -0.3 is 10.8 Å². The maximum atomic E-state index is 13.7. The minimum absolute atomic E-state index is 0.0569. The van der Waals surface area contributed by atoms with Crippen LogP contribution in [0.25, 0.3) is 0 Å². The van der Waals surface area contributed by atoms with Gasteiger partial charge in [-0.2, -0.15) is 4.31 Å². The predicted molar refractivity (Wildman–Crippen MR) is 69.2 cm³/mol. The van der Waals surface area contributed by atoms with Crippen molar-refractivity contribution in [3.63, 3.8) is 0 Å². The first-order chi connectivity index (χ1) is 8.93.